The normalized spacial score (nSPS) is 24.7. The summed E-state index contributed by atoms with van der Waals surface area (Å²) in [7, 11) is 2.99. The van der Waals surface area contributed by atoms with Gasteiger partial charge in [0.2, 0.25) is 0 Å². The first-order valence-corrected chi connectivity index (χ1v) is 12.7. The van der Waals surface area contributed by atoms with Gasteiger partial charge in [-0.1, -0.05) is 24.3 Å². The average molecular weight is 539 g/mol. The molecule has 2 aromatic carbocycles. The van der Waals surface area contributed by atoms with Crippen LogP contribution in [0.1, 0.15) is 51.0 Å². The summed E-state index contributed by atoms with van der Waals surface area (Å²) in [6, 6.07) is 10.4. The Labute approximate surface area is 227 Å². The number of carbonyl (C=O) groups excluding carboxylic acids is 2. The minimum Gasteiger partial charge on any atom is -0.493 e. The van der Waals surface area contributed by atoms with Gasteiger partial charge in [0.05, 0.1) is 33.0 Å². The molecule has 2 aliphatic rings. The molecule has 0 spiro atoms. The van der Waals surface area contributed by atoms with E-state index in [9.17, 15) is 14.7 Å². The Bertz CT molecular complexity index is 1300. The molecule has 1 N–H and O–H groups in total. The number of rotatable bonds is 8. The van der Waals surface area contributed by atoms with E-state index in [4.69, 9.17) is 28.4 Å². The molecule has 2 aromatic rings. The van der Waals surface area contributed by atoms with Gasteiger partial charge < -0.3 is 33.5 Å². The van der Waals surface area contributed by atoms with Crippen LogP contribution in [0.4, 0.5) is 0 Å². The van der Waals surface area contributed by atoms with Crippen LogP contribution in [0.2, 0.25) is 0 Å². The third-order valence-corrected chi connectivity index (χ3v) is 7.26. The van der Waals surface area contributed by atoms with Crippen molar-refractivity contribution in [3.8, 4) is 23.0 Å². The molecule has 4 rings (SSSR count). The van der Waals surface area contributed by atoms with Crippen molar-refractivity contribution in [2.45, 2.75) is 46.2 Å². The molecule has 2 aliphatic heterocycles. The predicted octanol–water partition coefficient (Wildman–Crippen LogP) is 4.84. The van der Waals surface area contributed by atoms with Gasteiger partial charge >= 0.3 is 11.9 Å². The molecule has 9 heteroatoms. The highest BCUT2D eigenvalue weighted by Gasteiger charge is 2.53. The molecule has 0 aromatic heterocycles. The van der Waals surface area contributed by atoms with Gasteiger partial charge in [-0.3, -0.25) is 0 Å². The summed E-state index contributed by atoms with van der Waals surface area (Å²) in [6.07, 6.45) is 1.29. The zero-order valence-corrected chi connectivity index (χ0v) is 22.9. The number of ether oxygens (including phenoxy) is 6. The van der Waals surface area contributed by atoms with Gasteiger partial charge in [0.15, 0.2) is 29.3 Å². The second-order valence-electron chi connectivity index (χ2n) is 9.49. The lowest BCUT2D eigenvalue weighted by Crippen LogP contribution is -2.22. The van der Waals surface area contributed by atoms with Gasteiger partial charge in [-0.2, -0.15) is 0 Å². The highest BCUT2D eigenvalue weighted by atomic mass is 16.6. The van der Waals surface area contributed by atoms with Crippen molar-refractivity contribution in [2.24, 2.45) is 11.8 Å². The van der Waals surface area contributed by atoms with Crippen molar-refractivity contribution >= 4 is 11.9 Å². The Morgan fingerprint density at radius 2 is 1.36 bits per heavy atom. The van der Waals surface area contributed by atoms with Crippen LogP contribution >= 0.6 is 0 Å². The minimum absolute atomic E-state index is 0.160. The second kappa shape index (κ2) is 12.0. The van der Waals surface area contributed by atoms with Gasteiger partial charge in [0, 0.05) is 23.0 Å². The summed E-state index contributed by atoms with van der Waals surface area (Å²) in [5.41, 5.74) is 2.44. The standard InChI is InChI=1S/C30H34O9/c1-7-16(3)28(31)37-22-12-10-18(13-23(22)35-6)26-20-15-36-27(25(20)30(33)39-26)19-9-11-21(34-5)24(14-19)38-29(32)17(4)8-2/h7-14,20,25-27,30,33H,15H2,1-6H3. The van der Waals surface area contributed by atoms with Gasteiger partial charge in [0.25, 0.3) is 0 Å². The number of hydrogen-bond acceptors (Lipinski definition) is 9. The van der Waals surface area contributed by atoms with Crippen molar-refractivity contribution in [3.63, 3.8) is 0 Å². The van der Waals surface area contributed by atoms with E-state index in [0.29, 0.717) is 29.3 Å². The summed E-state index contributed by atoms with van der Waals surface area (Å²) < 4.78 is 34.1. The van der Waals surface area contributed by atoms with E-state index < -0.39 is 30.4 Å². The molecule has 0 saturated carbocycles. The van der Waals surface area contributed by atoms with Crippen LogP contribution < -0.4 is 18.9 Å². The third kappa shape index (κ3) is 5.71. The zero-order chi connectivity index (χ0) is 28.3. The number of aliphatic hydroxyl groups is 1. The van der Waals surface area contributed by atoms with Crippen LogP contribution in [0.25, 0.3) is 0 Å². The second-order valence-corrected chi connectivity index (χ2v) is 9.49. The van der Waals surface area contributed by atoms with Crippen molar-refractivity contribution in [1.82, 2.24) is 0 Å². The number of benzene rings is 2. The molecule has 39 heavy (non-hydrogen) atoms. The van der Waals surface area contributed by atoms with Crippen LogP contribution in [-0.4, -0.2) is 44.2 Å². The molecular formula is C30H34O9. The molecule has 0 aliphatic carbocycles. The van der Waals surface area contributed by atoms with Crippen molar-refractivity contribution in [1.29, 1.82) is 0 Å². The van der Waals surface area contributed by atoms with Gasteiger partial charge in [-0.25, -0.2) is 9.59 Å². The molecule has 5 atom stereocenters. The number of fused-ring (bicyclic) bond motifs is 1. The molecule has 0 radical (unpaired) electrons. The van der Waals surface area contributed by atoms with Crippen LogP contribution in [0.5, 0.6) is 23.0 Å². The molecular weight excluding hydrogens is 504 g/mol. The molecule has 2 heterocycles. The fraction of sp³-hybridized carbons (Fsp3) is 0.400. The van der Waals surface area contributed by atoms with Crippen LogP contribution in [-0.2, 0) is 19.1 Å². The monoisotopic (exact) mass is 538 g/mol. The zero-order valence-electron chi connectivity index (χ0n) is 22.9. The fourth-order valence-electron chi connectivity index (χ4n) is 4.79. The van der Waals surface area contributed by atoms with E-state index in [1.807, 2.05) is 6.07 Å². The van der Waals surface area contributed by atoms with E-state index >= 15 is 0 Å². The van der Waals surface area contributed by atoms with Crippen LogP contribution in [0.15, 0.2) is 59.7 Å². The smallest absolute Gasteiger partial charge is 0.338 e. The first kappa shape index (κ1) is 28.4. The first-order chi connectivity index (χ1) is 18.7. The molecule has 0 bridgehead atoms. The lowest BCUT2D eigenvalue weighted by Gasteiger charge is -2.21. The number of methoxy groups -OCH3 is 2. The number of esters is 2. The maximum atomic E-state index is 12.4. The van der Waals surface area contributed by atoms with E-state index in [1.54, 1.807) is 70.2 Å². The Balaban J connectivity index is 1.57. The molecule has 0 amide bonds. The Morgan fingerprint density at radius 1 is 0.821 bits per heavy atom. The quantitative estimate of drug-likeness (QED) is 0.287. The van der Waals surface area contributed by atoms with Crippen molar-refractivity contribution < 1.29 is 43.1 Å². The summed E-state index contributed by atoms with van der Waals surface area (Å²) in [5, 5.41) is 10.9. The lowest BCUT2D eigenvalue weighted by atomic mass is 9.84. The summed E-state index contributed by atoms with van der Waals surface area (Å²) in [5.74, 6) is -0.140. The predicted molar refractivity (Wildman–Crippen MR) is 142 cm³/mol. The van der Waals surface area contributed by atoms with Crippen molar-refractivity contribution in [3.05, 3.63) is 70.8 Å². The van der Waals surface area contributed by atoms with E-state index in [-0.39, 0.29) is 23.3 Å². The minimum atomic E-state index is -1.09. The molecule has 208 valence electrons. The number of carbonyl (C=O) groups is 2. The Kier molecular flexibility index (Phi) is 8.74. The summed E-state index contributed by atoms with van der Waals surface area (Å²) >= 11 is 0. The Hall–Kier alpha value is -3.66. The maximum absolute atomic E-state index is 12.4. The first-order valence-electron chi connectivity index (χ1n) is 12.7. The van der Waals surface area contributed by atoms with Gasteiger partial charge in [-0.05, 0) is 63.1 Å². The molecule has 9 nitrogen and oxygen atoms in total. The van der Waals surface area contributed by atoms with Crippen molar-refractivity contribution in [2.75, 3.05) is 20.8 Å². The van der Waals surface area contributed by atoms with E-state index in [2.05, 4.69) is 0 Å². The van der Waals surface area contributed by atoms with Gasteiger partial charge in [0.1, 0.15) is 0 Å². The number of aliphatic hydroxyl groups excluding tert-OH is 1. The third-order valence-electron chi connectivity index (χ3n) is 7.26. The molecule has 2 fully saturated rings. The maximum Gasteiger partial charge on any atom is 0.338 e. The Morgan fingerprint density at radius 3 is 1.95 bits per heavy atom. The van der Waals surface area contributed by atoms with Gasteiger partial charge in [-0.15, -0.1) is 0 Å². The topological polar surface area (TPSA) is 110 Å². The fourth-order valence-corrected chi connectivity index (χ4v) is 4.79. The average Bonchev–Trinajstić information content (AvgIpc) is 3.53. The molecule has 2 saturated heterocycles. The highest BCUT2D eigenvalue weighted by molar-refractivity contribution is 5.90. The van der Waals surface area contributed by atoms with Crippen LogP contribution in [0, 0.1) is 11.8 Å². The van der Waals surface area contributed by atoms with E-state index in [1.165, 1.54) is 14.2 Å². The summed E-state index contributed by atoms with van der Waals surface area (Å²) in [6.45, 7) is 7.21. The molecule has 5 unspecified atom stereocenters. The number of allylic oxidation sites excluding steroid dienone is 2. The lowest BCUT2D eigenvalue weighted by molar-refractivity contribution is -0.134. The van der Waals surface area contributed by atoms with Crippen LogP contribution in [0.3, 0.4) is 0 Å². The summed E-state index contributed by atoms with van der Waals surface area (Å²) in [4.78, 5) is 24.6. The van der Waals surface area contributed by atoms with E-state index in [0.717, 1.165) is 11.1 Å². The number of hydrogen-bond donors (Lipinski definition) is 1. The SMILES string of the molecule is CC=C(C)C(=O)Oc1ccc(C2OC(O)C3C(c4ccc(OC)c(OC(=O)C(C)=CC)c4)OCC23)cc1OC. The highest BCUT2D eigenvalue weighted by Crippen LogP contribution is 2.53. The largest absolute Gasteiger partial charge is 0.493 e.